The van der Waals surface area contributed by atoms with Crippen molar-refractivity contribution in [3.05, 3.63) is 72.1 Å². The number of rotatable bonds is 5. The van der Waals surface area contributed by atoms with E-state index in [1.54, 1.807) is 6.08 Å². The van der Waals surface area contributed by atoms with Crippen LogP contribution in [0.1, 0.15) is 31.3 Å². The quantitative estimate of drug-likeness (QED) is 0.696. The SMILES string of the molecule is CC(C)C(NC(=O)/C=C/c1ccccc1)c1nc2ccccc2[nH]1. The second-order valence-electron chi connectivity index (χ2n) is 6.11. The van der Waals surface area contributed by atoms with Gasteiger partial charge in [-0.2, -0.15) is 0 Å². The lowest BCUT2D eigenvalue weighted by Crippen LogP contribution is -2.31. The number of aromatic nitrogens is 2. The van der Waals surface area contributed by atoms with E-state index in [1.165, 1.54) is 0 Å². The van der Waals surface area contributed by atoms with Gasteiger partial charge >= 0.3 is 0 Å². The number of carbonyl (C=O) groups excluding carboxylic acids is 1. The number of hydrogen-bond acceptors (Lipinski definition) is 2. The fourth-order valence-corrected chi connectivity index (χ4v) is 2.61. The molecule has 0 aliphatic heterocycles. The van der Waals surface area contributed by atoms with Gasteiger partial charge in [-0.15, -0.1) is 0 Å². The predicted molar refractivity (Wildman–Crippen MR) is 97.3 cm³/mol. The van der Waals surface area contributed by atoms with Crippen molar-refractivity contribution in [2.24, 2.45) is 5.92 Å². The van der Waals surface area contributed by atoms with Gasteiger partial charge in [-0.1, -0.05) is 56.3 Å². The Morgan fingerprint density at radius 2 is 1.79 bits per heavy atom. The molecule has 1 unspecified atom stereocenters. The lowest BCUT2D eigenvalue weighted by Gasteiger charge is -2.19. The molecule has 0 radical (unpaired) electrons. The molecule has 0 aliphatic carbocycles. The van der Waals surface area contributed by atoms with Crippen LogP contribution in [-0.2, 0) is 4.79 Å². The number of nitrogens with one attached hydrogen (secondary N) is 2. The largest absolute Gasteiger partial charge is 0.342 e. The zero-order valence-corrected chi connectivity index (χ0v) is 13.9. The number of nitrogens with zero attached hydrogens (tertiary/aromatic N) is 1. The van der Waals surface area contributed by atoms with Gasteiger partial charge in [-0.3, -0.25) is 4.79 Å². The molecule has 1 aromatic heterocycles. The topological polar surface area (TPSA) is 57.8 Å². The number of amides is 1. The molecule has 0 saturated carbocycles. The van der Waals surface area contributed by atoms with Crippen LogP contribution in [0.4, 0.5) is 0 Å². The first-order valence-corrected chi connectivity index (χ1v) is 8.12. The zero-order chi connectivity index (χ0) is 16.9. The van der Waals surface area contributed by atoms with Crippen LogP contribution in [0, 0.1) is 5.92 Å². The minimum absolute atomic E-state index is 0.127. The van der Waals surface area contributed by atoms with Gasteiger partial charge in [-0.05, 0) is 29.7 Å². The van der Waals surface area contributed by atoms with Crippen molar-refractivity contribution < 1.29 is 4.79 Å². The number of fused-ring (bicyclic) bond motifs is 1. The number of imidazole rings is 1. The van der Waals surface area contributed by atoms with Crippen LogP contribution in [0.15, 0.2) is 60.7 Å². The van der Waals surface area contributed by atoms with Crippen LogP contribution in [-0.4, -0.2) is 15.9 Å². The molecule has 24 heavy (non-hydrogen) atoms. The number of H-pyrrole nitrogens is 1. The Morgan fingerprint density at radius 1 is 1.08 bits per heavy atom. The van der Waals surface area contributed by atoms with Gasteiger partial charge in [0.25, 0.3) is 0 Å². The Kier molecular flexibility index (Phi) is 4.75. The molecule has 1 atom stereocenters. The summed E-state index contributed by atoms with van der Waals surface area (Å²) in [6, 6.07) is 17.5. The van der Waals surface area contributed by atoms with E-state index in [2.05, 4.69) is 29.1 Å². The van der Waals surface area contributed by atoms with Gasteiger partial charge in [0.05, 0.1) is 17.1 Å². The summed E-state index contributed by atoms with van der Waals surface area (Å²) in [6.45, 7) is 4.14. The number of hydrogen-bond donors (Lipinski definition) is 2. The van der Waals surface area contributed by atoms with E-state index in [4.69, 9.17) is 0 Å². The smallest absolute Gasteiger partial charge is 0.244 e. The lowest BCUT2D eigenvalue weighted by molar-refractivity contribution is -0.117. The van der Waals surface area contributed by atoms with Crippen molar-refractivity contribution in [2.75, 3.05) is 0 Å². The number of para-hydroxylation sites is 2. The Balaban J connectivity index is 1.76. The summed E-state index contributed by atoms with van der Waals surface area (Å²) in [4.78, 5) is 20.2. The maximum Gasteiger partial charge on any atom is 0.244 e. The summed E-state index contributed by atoms with van der Waals surface area (Å²) in [7, 11) is 0. The van der Waals surface area contributed by atoms with Crippen LogP contribution in [0.2, 0.25) is 0 Å². The monoisotopic (exact) mass is 319 g/mol. The maximum atomic E-state index is 12.3. The second-order valence-corrected chi connectivity index (χ2v) is 6.11. The summed E-state index contributed by atoms with van der Waals surface area (Å²) >= 11 is 0. The van der Waals surface area contributed by atoms with Crippen molar-refractivity contribution in [3.8, 4) is 0 Å². The summed E-state index contributed by atoms with van der Waals surface area (Å²) in [5, 5.41) is 3.04. The Bertz CT molecular complexity index is 816. The van der Waals surface area contributed by atoms with E-state index in [1.807, 2.05) is 60.7 Å². The molecule has 0 aliphatic rings. The Hall–Kier alpha value is -2.88. The highest BCUT2D eigenvalue weighted by Crippen LogP contribution is 2.22. The molecule has 3 aromatic rings. The standard InChI is InChI=1S/C20H21N3O/c1-14(2)19(20-21-16-10-6-7-11-17(16)22-20)23-18(24)13-12-15-8-4-3-5-9-15/h3-14,19H,1-2H3,(H,21,22)(H,23,24)/b13-12+. The second kappa shape index (κ2) is 7.13. The highest BCUT2D eigenvalue weighted by Gasteiger charge is 2.20. The molecule has 4 heteroatoms. The molecule has 1 amide bonds. The van der Waals surface area contributed by atoms with Crippen molar-refractivity contribution in [1.82, 2.24) is 15.3 Å². The van der Waals surface area contributed by atoms with Crippen LogP contribution in [0.3, 0.4) is 0 Å². The Morgan fingerprint density at radius 3 is 2.50 bits per heavy atom. The van der Waals surface area contributed by atoms with Crippen LogP contribution < -0.4 is 5.32 Å². The molecule has 0 fully saturated rings. The van der Waals surface area contributed by atoms with Crippen molar-refractivity contribution >= 4 is 23.0 Å². The van der Waals surface area contributed by atoms with E-state index < -0.39 is 0 Å². The van der Waals surface area contributed by atoms with Crippen molar-refractivity contribution in [3.63, 3.8) is 0 Å². The number of benzene rings is 2. The third kappa shape index (κ3) is 3.71. The van der Waals surface area contributed by atoms with Crippen LogP contribution in [0.25, 0.3) is 17.1 Å². The summed E-state index contributed by atoms with van der Waals surface area (Å²) < 4.78 is 0. The highest BCUT2D eigenvalue weighted by molar-refractivity contribution is 5.92. The molecule has 2 N–H and O–H groups in total. The Labute approximate surface area is 141 Å². The fourth-order valence-electron chi connectivity index (χ4n) is 2.61. The van der Waals surface area contributed by atoms with E-state index in [0.29, 0.717) is 0 Å². The minimum Gasteiger partial charge on any atom is -0.342 e. The molecular formula is C20H21N3O. The predicted octanol–water partition coefficient (Wildman–Crippen LogP) is 4.09. The van der Waals surface area contributed by atoms with Crippen LogP contribution in [0.5, 0.6) is 0 Å². The molecule has 122 valence electrons. The summed E-state index contributed by atoms with van der Waals surface area (Å²) in [5.74, 6) is 0.880. The number of carbonyl (C=O) groups is 1. The lowest BCUT2D eigenvalue weighted by atomic mass is 10.0. The molecule has 1 heterocycles. The fraction of sp³-hybridized carbons (Fsp3) is 0.200. The molecule has 2 aromatic carbocycles. The first-order valence-electron chi connectivity index (χ1n) is 8.12. The molecule has 3 rings (SSSR count). The first-order chi connectivity index (χ1) is 11.6. The van der Waals surface area contributed by atoms with Gasteiger partial charge < -0.3 is 10.3 Å². The molecule has 0 bridgehead atoms. The number of aromatic amines is 1. The van der Waals surface area contributed by atoms with Crippen LogP contribution >= 0.6 is 0 Å². The van der Waals surface area contributed by atoms with E-state index in [0.717, 1.165) is 22.4 Å². The minimum atomic E-state index is -0.162. The van der Waals surface area contributed by atoms with Crippen molar-refractivity contribution in [1.29, 1.82) is 0 Å². The maximum absolute atomic E-state index is 12.3. The molecule has 0 saturated heterocycles. The highest BCUT2D eigenvalue weighted by atomic mass is 16.1. The van der Waals surface area contributed by atoms with E-state index in [9.17, 15) is 4.79 Å². The molecule has 0 spiro atoms. The average molecular weight is 319 g/mol. The van der Waals surface area contributed by atoms with Crippen molar-refractivity contribution in [2.45, 2.75) is 19.9 Å². The first kappa shape index (κ1) is 16.0. The third-order valence-electron chi connectivity index (χ3n) is 3.89. The summed E-state index contributed by atoms with van der Waals surface area (Å²) in [6.07, 6.45) is 3.37. The van der Waals surface area contributed by atoms with Gasteiger partial charge in [0.15, 0.2) is 0 Å². The van der Waals surface area contributed by atoms with Gasteiger partial charge in [0.1, 0.15) is 5.82 Å². The van der Waals surface area contributed by atoms with Gasteiger partial charge in [0, 0.05) is 6.08 Å². The normalized spacial score (nSPS) is 12.8. The molecular weight excluding hydrogens is 298 g/mol. The van der Waals surface area contributed by atoms with E-state index in [-0.39, 0.29) is 17.9 Å². The van der Waals surface area contributed by atoms with Gasteiger partial charge in [-0.25, -0.2) is 4.98 Å². The summed E-state index contributed by atoms with van der Waals surface area (Å²) in [5.41, 5.74) is 2.89. The van der Waals surface area contributed by atoms with E-state index >= 15 is 0 Å². The van der Waals surface area contributed by atoms with Gasteiger partial charge in [0.2, 0.25) is 5.91 Å². The molecule has 4 nitrogen and oxygen atoms in total. The third-order valence-corrected chi connectivity index (χ3v) is 3.89. The average Bonchev–Trinajstić information content (AvgIpc) is 3.02. The zero-order valence-electron chi connectivity index (χ0n) is 13.9.